The molecule has 156 valence electrons. The standard InChI is InChI=1S/C24H25ClN2O3/c1-3-29-24-14-18(15-26-27-16-20-8-4-5-10-22(20)28-2)11-12-23(24)30-17-19-7-6-9-21(25)13-19/h4-15,27H,3,16-17H2,1-2H3/b26-15-. The number of rotatable bonds is 10. The lowest BCUT2D eigenvalue weighted by Crippen LogP contribution is -2.07. The summed E-state index contributed by atoms with van der Waals surface area (Å²) in [6.07, 6.45) is 1.75. The molecule has 0 saturated heterocycles. The van der Waals surface area contributed by atoms with Gasteiger partial charge in [-0.3, -0.25) is 0 Å². The van der Waals surface area contributed by atoms with Crippen molar-refractivity contribution in [2.45, 2.75) is 20.1 Å². The summed E-state index contributed by atoms with van der Waals surface area (Å²) in [4.78, 5) is 0. The predicted octanol–water partition coefficient (Wildman–Crippen LogP) is 5.45. The molecule has 6 heteroatoms. The van der Waals surface area contributed by atoms with Crippen LogP contribution in [0.2, 0.25) is 5.02 Å². The Bertz CT molecular complexity index is 992. The van der Waals surface area contributed by atoms with E-state index in [1.54, 1.807) is 13.3 Å². The summed E-state index contributed by atoms with van der Waals surface area (Å²) >= 11 is 6.04. The molecule has 3 aromatic carbocycles. The fourth-order valence-electron chi connectivity index (χ4n) is 2.88. The van der Waals surface area contributed by atoms with E-state index in [9.17, 15) is 0 Å². The Morgan fingerprint density at radius 1 is 0.933 bits per heavy atom. The average Bonchev–Trinajstić information content (AvgIpc) is 2.76. The fourth-order valence-corrected chi connectivity index (χ4v) is 3.09. The molecule has 0 aliphatic heterocycles. The molecule has 1 N–H and O–H groups in total. The smallest absolute Gasteiger partial charge is 0.161 e. The zero-order valence-corrected chi connectivity index (χ0v) is 17.9. The van der Waals surface area contributed by atoms with Crippen LogP contribution < -0.4 is 19.6 Å². The quantitative estimate of drug-likeness (QED) is 0.347. The Labute approximate surface area is 182 Å². The maximum Gasteiger partial charge on any atom is 0.161 e. The lowest BCUT2D eigenvalue weighted by Gasteiger charge is -2.13. The van der Waals surface area contributed by atoms with Gasteiger partial charge in [-0.25, -0.2) is 0 Å². The van der Waals surface area contributed by atoms with Gasteiger partial charge >= 0.3 is 0 Å². The van der Waals surface area contributed by atoms with Crippen molar-refractivity contribution in [2.24, 2.45) is 5.10 Å². The average molecular weight is 425 g/mol. The van der Waals surface area contributed by atoms with Crippen molar-refractivity contribution < 1.29 is 14.2 Å². The van der Waals surface area contributed by atoms with Crippen LogP contribution >= 0.6 is 11.6 Å². The Morgan fingerprint density at radius 3 is 2.60 bits per heavy atom. The maximum atomic E-state index is 6.04. The minimum atomic E-state index is 0.411. The summed E-state index contributed by atoms with van der Waals surface area (Å²) in [5.41, 5.74) is 5.99. The number of methoxy groups -OCH3 is 1. The van der Waals surface area contributed by atoms with Crippen molar-refractivity contribution >= 4 is 17.8 Å². The molecule has 0 amide bonds. The van der Waals surface area contributed by atoms with Crippen molar-refractivity contribution in [3.05, 3.63) is 88.4 Å². The third-order valence-corrected chi connectivity index (χ3v) is 4.55. The maximum absolute atomic E-state index is 6.04. The fraction of sp³-hybridized carbons (Fsp3) is 0.208. The number of halogens is 1. The van der Waals surface area contributed by atoms with Crippen LogP contribution in [-0.4, -0.2) is 19.9 Å². The van der Waals surface area contributed by atoms with E-state index >= 15 is 0 Å². The zero-order chi connectivity index (χ0) is 21.2. The molecule has 0 saturated carbocycles. The van der Waals surface area contributed by atoms with E-state index < -0.39 is 0 Å². The molecule has 0 heterocycles. The van der Waals surface area contributed by atoms with Crippen molar-refractivity contribution in [1.82, 2.24) is 5.43 Å². The number of ether oxygens (including phenoxy) is 3. The molecule has 0 spiro atoms. The van der Waals surface area contributed by atoms with Gasteiger partial charge in [-0.05, 0) is 54.4 Å². The van der Waals surface area contributed by atoms with Crippen molar-refractivity contribution in [3.8, 4) is 17.2 Å². The normalized spacial score (nSPS) is 10.8. The van der Waals surface area contributed by atoms with Gasteiger partial charge in [-0.1, -0.05) is 41.9 Å². The number of hydrazone groups is 1. The highest BCUT2D eigenvalue weighted by atomic mass is 35.5. The van der Waals surface area contributed by atoms with Crippen LogP contribution in [0.4, 0.5) is 0 Å². The van der Waals surface area contributed by atoms with Crippen LogP contribution in [0.3, 0.4) is 0 Å². The number of benzene rings is 3. The molecular formula is C24H25ClN2O3. The number of nitrogens with one attached hydrogen (secondary N) is 1. The number of hydrogen-bond acceptors (Lipinski definition) is 5. The van der Waals surface area contributed by atoms with Crippen LogP contribution in [0, 0.1) is 0 Å². The van der Waals surface area contributed by atoms with Crippen molar-refractivity contribution in [3.63, 3.8) is 0 Å². The largest absolute Gasteiger partial charge is 0.496 e. The molecule has 30 heavy (non-hydrogen) atoms. The molecule has 0 fully saturated rings. The summed E-state index contributed by atoms with van der Waals surface area (Å²) in [6.45, 7) is 3.46. The van der Waals surface area contributed by atoms with Gasteiger partial charge in [0.05, 0.1) is 26.5 Å². The third kappa shape index (κ3) is 6.16. The van der Waals surface area contributed by atoms with Crippen molar-refractivity contribution in [1.29, 1.82) is 0 Å². The predicted molar refractivity (Wildman–Crippen MR) is 121 cm³/mol. The van der Waals surface area contributed by atoms with E-state index in [-0.39, 0.29) is 0 Å². The van der Waals surface area contributed by atoms with E-state index in [0.717, 1.165) is 22.4 Å². The summed E-state index contributed by atoms with van der Waals surface area (Å²) in [5.74, 6) is 2.18. The lowest BCUT2D eigenvalue weighted by atomic mass is 10.2. The molecular weight excluding hydrogens is 400 g/mol. The number of para-hydroxylation sites is 1. The van der Waals surface area contributed by atoms with Gasteiger partial charge in [0.25, 0.3) is 0 Å². The Kier molecular flexibility index (Phi) is 7.98. The summed E-state index contributed by atoms with van der Waals surface area (Å²) in [6, 6.07) is 21.2. The number of nitrogens with zero attached hydrogens (tertiary/aromatic N) is 1. The molecule has 3 aromatic rings. The second kappa shape index (κ2) is 11.1. The SMILES string of the molecule is CCOc1cc(/C=N\NCc2ccccc2OC)ccc1OCc1cccc(Cl)c1. The van der Waals surface area contributed by atoms with Gasteiger partial charge in [0.2, 0.25) is 0 Å². The summed E-state index contributed by atoms with van der Waals surface area (Å²) in [5, 5.41) is 4.99. The van der Waals surface area contributed by atoms with Crippen LogP contribution in [0.15, 0.2) is 71.8 Å². The van der Waals surface area contributed by atoms with Crippen LogP contribution in [0.1, 0.15) is 23.6 Å². The molecule has 0 aliphatic carbocycles. The summed E-state index contributed by atoms with van der Waals surface area (Å²) in [7, 11) is 1.66. The van der Waals surface area contributed by atoms with E-state index in [0.29, 0.717) is 36.3 Å². The molecule has 5 nitrogen and oxygen atoms in total. The van der Waals surface area contributed by atoms with E-state index in [1.165, 1.54) is 0 Å². The molecule has 0 atom stereocenters. The lowest BCUT2D eigenvalue weighted by molar-refractivity contribution is 0.269. The third-order valence-electron chi connectivity index (χ3n) is 4.32. The second-order valence-electron chi connectivity index (χ2n) is 6.46. The second-order valence-corrected chi connectivity index (χ2v) is 6.90. The van der Waals surface area contributed by atoms with Gasteiger partial charge < -0.3 is 19.6 Å². The number of hydrogen-bond donors (Lipinski definition) is 1. The van der Waals surface area contributed by atoms with Crippen LogP contribution in [0.25, 0.3) is 0 Å². The minimum Gasteiger partial charge on any atom is -0.496 e. The first-order valence-electron chi connectivity index (χ1n) is 9.71. The van der Waals surface area contributed by atoms with E-state index in [4.69, 9.17) is 25.8 Å². The van der Waals surface area contributed by atoms with E-state index in [1.807, 2.05) is 73.7 Å². The first-order chi connectivity index (χ1) is 14.7. The van der Waals surface area contributed by atoms with Crippen molar-refractivity contribution in [2.75, 3.05) is 13.7 Å². The van der Waals surface area contributed by atoms with Gasteiger partial charge in [0.1, 0.15) is 12.4 Å². The van der Waals surface area contributed by atoms with E-state index in [2.05, 4.69) is 10.5 Å². The highest BCUT2D eigenvalue weighted by Crippen LogP contribution is 2.29. The highest BCUT2D eigenvalue weighted by Gasteiger charge is 2.07. The van der Waals surface area contributed by atoms with Gasteiger partial charge in [0, 0.05) is 10.6 Å². The van der Waals surface area contributed by atoms with Crippen LogP contribution in [-0.2, 0) is 13.2 Å². The highest BCUT2D eigenvalue weighted by molar-refractivity contribution is 6.30. The first-order valence-corrected chi connectivity index (χ1v) is 10.1. The monoisotopic (exact) mass is 424 g/mol. The molecule has 0 bridgehead atoms. The molecule has 0 aromatic heterocycles. The Hall–Kier alpha value is -3.18. The Morgan fingerprint density at radius 2 is 1.80 bits per heavy atom. The molecule has 0 radical (unpaired) electrons. The molecule has 3 rings (SSSR count). The Balaban J connectivity index is 1.62. The van der Waals surface area contributed by atoms with Gasteiger partial charge in [0.15, 0.2) is 11.5 Å². The first kappa shape index (κ1) is 21.5. The van der Waals surface area contributed by atoms with Crippen LogP contribution in [0.5, 0.6) is 17.2 Å². The minimum absolute atomic E-state index is 0.411. The molecule has 0 aliphatic rings. The molecule has 0 unspecified atom stereocenters. The zero-order valence-electron chi connectivity index (χ0n) is 17.1. The van der Waals surface area contributed by atoms with Gasteiger partial charge in [-0.2, -0.15) is 5.10 Å². The topological polar surface area (TPSA) is 52.1 Å². The van der Waals surface area contributed by atoms with Gasteiger partial charge in [-0.15, -0.1) is 0 Å². The summed E-state index contributed by atoms with van der Waals surface area (Å²) < 4.78 is 17.0.